The van der Waals surface area contributed by atoms with Crippen molar-refractivity contribution in [2.45, 2.75) is 18.4 Å². The molecule has 2 saturated heterocycles. The minimum Gasteiger partial charge on any atom is -0.361 e. The van der Waals surface area contributed by atoms with Crippen LogP contribution in [0.5, 0.6) is 0 Å². The van der Waals surface area contributed by atoms with Gasteiger partial charge in [0.15, 0.2) is 0 Å². The number of aromatic nitrogens is 1. The topological polar surface area (TPSA) is 90.2 Å². The van der Waals surface area contributed by atoms with E-state index in [1.54, 1.807) is 23.1 Å². The van der Waals surface area contributed by atoms with Crippen LogP contribution >= 0.6 is 11.6 Å². The first-order valence-electron chi connectivity index (χ1n) is 10.7. The average molecular weight is 482 g/mol. The van der Waals surface area contributed by atoms with Crippen LogP contribution in [0.2, 0.25) is 5.02 Å². The molecule has 1 aromatic heterocycles. The Morgan fingerprint density at radius 2 is 1.69 bits per heavy atom. The molecule has 1 amide bonds. The highest BCUT2D eigenvalue weighted by atomic mass is 35.5. The summed E-state index contributed by atoms with van der Waals surface area (Å²) in [6.07, 6.45) is 0. The molecule has 3 heterocycles. The number of sulfonamides is 1. The second-order valence-electron chi connectivity index (χ2n) is 8.20. The van der Waals surface area contributed by atoms with Gasteiger partial charge >= 0.3 is 0 Å². The zero-order valence-corrected chi connectivity index (χ0v) is 19.7. The summed E-state index contributed by atoms with van der Waals surface area (Å²) in [6, 6.07) is 8.39. The second-order valence-corrected chi connectivity index (χ2v) is 10.5. The zero-order valence-electron chi connectivity index (χ0n) is 18.1. The second kappa shape index (κ2) is 9.88. The molecule has 2 fully saturated rings. The Morgan fingerprint density at radius 3 is 2.31 bits per heavy atom. The molecule has 174 valence electrons. The lowest BCUT2D eigenvalue weighted by molar-refractivity contribution is -0.134. The normalized spacial score (nSPS) is 19.4. The summed E-state index contributed by atoms with van der Waals surface area (Å²) in [7, 11) is -3.66. The van der Waals surface area contributed by atoms with Crippen LogP contribution in [-0.2, 0) is 21.4 Å². The van der Waals surface area contributed by atoms with Crippen LogP contribution in [0.25, 0.3) is 0 Å². The summed E-state index contributed by atoms with van der Waals surface area (Å²) < 4.78 is 32.3. The Bertz CT molecular complexity index is 1040. The predicted octanol–water partition coefficient (Wildman–Crippen LogP) is 1.29. The molecule has 0 radical (unpaired) electrons. The maximum absolute atomic E-state index is 12.9. The molecule has 2 aromatic rings. The lowest BCUT2D eigenvalue weighted by atomic mass is 10.2. The molecule has 0 aliphatic carbocycles. The van der Waals surface area contributed by atoms with E-state index < -0.39 is 10.0 Å². The van der Waals surface area contributed by atoms with Crippen LogP contribution in [0.15, 0.2) is 39.8 Å². The van der Waals surface area contributed by atoms with Crippen molar-refractivity contribution in [3.63, 3.8) is 0 Å². The first kappa shape index (κ1) is 23.2. The molecule has 2 aliphatic heterocycles. The monoisotopic (exact) mass is 481 g/mol. The van der Waals surface area contributed by atoms with E-state index in [4.69, 9.17) is 16.1 Å². The third kappa shape index (κ3) is 5.32. The summed E-state index contributed by atoms with van der Waals surface area (Å²) in [5.41, 5.74) is 0.927. The molecule has 0 unspecified atom stereocenters. The van der Waals surface area contributed by atoms with E-state index >= 15 is 0 Å². The van der Waals surface area contributed by atoms with Crippen LogP contribution in [0.4, 0.5) is 0 Å². The molecule has 1 aromatic carbocycles. The number of benzene rings is 1. The molecular formula is C21H28ClN5O4S. The number of rotatable bonds is 6. The highest BCUT2D eigenvalue weighted by molar-refractivity contribution is 7.89. The van der Waals surface area contributed by atoms with Crippen LogP contribution in [0.1, 0.15) is 11.5 Å². The maximum atomic E-state index is 12.9. The van der Waals surface area contributed by atoms with E-state index in [9.17, 15) is 13.2 Å². The van der Waals surface area contributed by atoms with Gasteiger partial charge in [0.1, 0.15) is 10.7 Å². The fourth-order valence-electron chi connectivity index (χ4n) is 4.09. The molecule has 9 nitrogen and oxygen atoms in total. The Balaban J connectivity index is 1.23. The number of amides is 1. The maximum Gasteiger partial charge on any atom is 0.244 e. The van der Waals surface area contributed by atoms with Crippen molar-refractivity contribution in [2.75, 3.05) is 58.9 Å². The first-order chi connectivity index (χ1) is 15.3. The number of nitrogens with zero attached hydrogens (tertiary/aromatic N) is 5. The van der Waals surface area contributed by atoms with Crippen molar-refractivity contribution in [2.24, 2.45) is 0 Å². The Morgan fingerprint density at radius 1 is 1.03 bits per heavy atom. The number of carbonyl (C=O) groups is 1. The summed E-state index contributed by atoms with van der Waals surface area (Å²) in [5.74, 6) is 0.851. The molecule has 0 spiro atoms. The first-order valence-corrected chi connectivity index (χ1v) is 12.5. The van der Waals surface area contributed by atoms with Crippen LogP contribution in [-0.4, -0.2) is 97.4 Å². The van der Waals surface area contributed by atoms with E-state index in [2.05, 4.69) is 15.0 Å². The van der Waals surface area contributed by atoms with Gasteiger partial charge < -0.3 is 9.42 Å². The smallest absolute Gasteiger partial charge is 0.244 e. The molecule has 11 heteroatoms. The lowest BCUT2D eigenvalue weighted by Gasteiger charge is -2.37. The van der Waals surface area contributed by atoms with Crippen molar-refractivity contribution >= 4 is 27.5 Å². The fraction of sp³-hybridized carbons (Fsp3) is 0.524. The Kier molecular flexibility index (Phi) is 7.16. The molecule has 0 atom stereocenters. The van der Waals surface area contributed by atoms with Gasteiger partial charge in [-0.3, -0.25) is 14.6 Å². The van der Waals surface area contributed by atoms with Gasteiger partial charge in [-0.05, 0) is 19.1 Å². The van der Waals surface area contributed by atoms with E-state index in [1.165, 1.54) is 10.4 Å². The summed E-state index contributed by atoms with van der Waals surface area (Å²) in [5, 5.41) is 4.25. The van der Waals surface area contributed by atoms with Gasteiger partial charge in [0.25, 0.3) is 0 Å². The van der Waals surface area contributed by atoms with Crippen molar-refractivity contribution in [3.05, 3.63) is 46.8 Å². The fourth-order valence-corrected chi connectivity index (χ4v) is 6.00. The predicted molar refractivity (Wildman–Crippen MR) is 120 cm³/mol. The SMILES string of the molecule is Cc1cc(CN2CCN(CC(=O)N3CCN(S(=O)(=O)c4ccccc4Cl)CC3)CC2)no1. The molecule has 0 N–H and O–H groups in total. The molecule has 4 rings (SSSR count). The van der Waals surface area contributed by atoms with Crippen molar-refractivity contribution < 1.29 is 17.7 Å². The largest absolute Gasteiger partial charge is 0.361 e. The van der Waals surface area contributed by atoms with Crippen LogP contribution in [0, 0.1) is 6.92 Å². The number of hydrogen-bond donors (Lipinski definition) is 0. The van der Waals surface area contributed by atoms with Gasteiger partial charge in [0.05, 0.1) is 17.3 Å². The van der Waals surface area contributed by atoms with Gasteiger partial charge in [-0.25, -0.2) is 8.42 Å². The summed E-state index contributed by atoms with van der Waals surface area (Å²) >= 11 is 6.08. The highest BCUT2D eigenvalue weighted by Crippen LogP contribution is 2.25. The minimum atomic E-state index is -3.66. The van der Waals surface area contributed by atoms with Gasteiger partial charge in [-0.2, -0.15) is 4.31 Å². The molecule has 0 bridgehead atoms. The number of aryl methyl sites for hydroxylation is 1. The molecule has 32 heavy (non-hydrogen) atoms. The van der Waals surface area contributed by atoms with E-state index in [0.717, 1.165) is 44.2 Å². The molecular weight excluding hydrogens is 454 g/mol. The highest BCUT2D eigenvalue weighted by Gasteiger charge is 2.32. The van der Waals surface area contributed by atoms with E-state index in [1.807, 2.05) is 13.0 Å². The van der Waals surface area contributed by atoms with Crippen molar-refractivity contribution in [3.8, 4) is 0 Å². The number of piperazine rings is 2. The number of hydrogen-bond acceptors (Lipinski definition) is 7. The van der Waals surface area contributed by atoms with Gasteiger partial charge in [-0.15, -0.1) is 0 Å². The summed E-state index contributed by atoms with van der Waals surface area (Å²) in [4.78, 5) is 19.1. The summed E-state index contributed by atoms with van der Waals surface area (Å²) in [6.45, 7) is 7.64. The van der Waals surface area contributed by atoms with Crippen LogP contribution in [0.3, 0.4) is 0 Å². The number of carbonyl (C=O) groups excluding carboxylic acids is 1. The lowest BCUT2D eigenvalue weighted by Crippen LogP contribution is -2.54. The third-order valence-corrected chi connectivity index (χ3v) is 8.33. The van der Waals surface area contributed by atoms with Crippen LogP contribution < -0.4 is 0 Å². The average Bonchev–Trinajstić information content (AvgIpc) is 3.20. The quantitative estimate of drug-likeness (QED) is 0.614. The van der Waals surface area contributed by atoms with Gasteiger partial charge in [-0.1, -0.05) is 28.9 Å². The Hall–Kier alpha value is -1.98. The van der Waals surface area contributed by atoms with E-state index in [-0.39, 0.29) is 28.9 Å². The van der Waals surface area contributed by atoms with Crippen molar-refractivity contribution in [1.82, 2.24) is 24.2 Å². The third-order valence-electron chi connectivity index (χ3n) is 5.93. The zero-order chi connectivity index (χ0) is 22.7. The standard InChI is InChI=1S/C21H28ClN5O4S/c1-17-14-18(23-31-17)15-24-6-8-25(9-7-24)16-21(28)26-10-12-27(13-11-26)32(29,30)20-5-3-2-4-19(20)22/h2-5,14H,6-13,15-16H2,1H3. The minimum absolute atomic E-state index is 0.0420. The van der Waals surface area contributed by atoms with Crippen molar-refractivity contribution in [1.29, 1.82) is 0 Å². The number of halogens is 1. The molecule has 0 saturated carbocycles. The Labute approximate surface area is 193 Å². The van der Waals surface area contributed by atoms with Gasteiger partial charge in [0, 0.05) is 65.0 Å². The molecule has 2 aliphatic rings. The van der Waals surface area contributed by atoms with E-state index in [0.29, 0.717) is 19.6 Å². The van der Waals surface area contributed by atoms with Gasteiger partial charge in [0.2, 0.25) is 15.9 Å².